The van der Waals surface area contributed by atoms with Gasteiger partial charge in [0.1, 0.15) is 0 Å². The third-order valence-electron chi connectivity index (χ3n) is 3.57. The van der Waals surface area contributed by atoms with Gasteiger partial charge in [-0.15, -0.1) is 0 Å². The van der Waals surface area contributed by atoms with Crippen LogP contribution in [-0.4, -0.2) is 24.0 Å². The van der Waals surface area contributed by atoms with Crippen molar-refractivity contribution < 1.29 is 0 Å². The molecule has 1 aromatic carbocycles. The second kappa shape index (κ2) is 4.56. The fraction of sp³-hybridized carbons (Fsp3) is 0.571. The van der Waals surface area contributed by atoms with Crippen LogP contribution in [0.1, 0.15) is 36.9 Å². The lowest BCUT2D eigenvalue weighted by atomic mass is 9.95. The number of nitrogens with zero attached hydrogens (tertiary/aromatic N) is 1. The summed E-state index contributed by atoms with van der Waals surface area (Å²) >= 11 is 0. The van der Waals surface area contributed by atoms with Gasteiger partial charge in [0, 0.05) is 18.1 Å². The molecule has 1 saturated carbocycles. The molecule has 2 unspecified atom stereocenters. The van der Waals surface area contributed by atoms with Crippen molar-refractivity contribution in [1.82, 2.24) is 4.90 Å². The molecule has 1 fully saturated rings. The Balaban J connectivity index is 2.28. The van der Waals surface area contributed by atoms with Crippen molar-refractivity contribution in [3.05, 3.63) is 35.4 Å². The number of hydrogen-bond donors (Lipinski definition) is 1. The molecule has 0 aromatic heterocycles. The molecule has 16 heavy (non-hydrogen) atoms. The van der Waals surface area contributed by atoms with Crippen LogP contribution in [0.4, 0.5) is 0 Å². The highest BCUT2D eigenvalue weighted by atomic mass is 15.2. The van der Waals surface area contributed by atoms with E-state index in [1.54, 1.807) is 0 Å². The Morgan fingerprint density at radius 2 is 1.94 bits per heavy atom. The van der Waals surface area contributed by atoms with Gasteiger partial charge in [-0.25, -0.2) is 0 Å². The van der Waals surface area contributed by atoms with Crippen LogP contribution in [0, 0.1) is 6.92 Å². The lowest BCUT2D eigenvalue weighted by Gasteiger charge is -2.32. The predicted molar refractivity (Wildman–Crippen MR) is 68.4 cm³/mol. The zero-order valence-corrected chi connectivity index (χ0v) is 10.5. The molecular weight excluding hydrogens is 196 g/mol. The van der Waals surface area contributed by atoms with Gasteiger partial charge in [0.25, 0.3) is 0 Å². The Hall–Kier alpha value is -0.860. The van der Waals surface area contributed by atoms with Gasteiger partial charge in [0.15, 0.2) is 0 Å². The summed E-state index contributed by atoms with van der Waals surface area (Å²) in [7, 11) is 2.21. The molecule has 0 spiro atoms. The highest BCUT2D eigenvalue weighted by Gasteiger charge is 2.33. The molecule has 0 amide bonds. The van der Waals surface area contributed by atoms with Gasteiger partial charge >= 0.3 is 0 Å². The Bertz CT molecular complexity index is 356. The number of likely N-dealkylation sites (N-methyl/N-ethyl adjacent to an activating group) is 1. The smallest absolute Gasteiger partial charge is 0.0498 e. The molecule has 1 aliphatic carbocycles. The van der Waals surface area contributed by atoms with Crippen LogP contribution in [-0.2, 0) is 0 Å². The van der Waals surface area contributed by atoms with Gasteiger partial charge in [-0.2, -0.15) is 0 Å². The molecule has 2 nitrogen and oxygen atoms in total. The topological polar surface area (TPSA) is 29.3 Å². The first-order valence-corrected chi connectivity index (χ1v) is 6.14. The zero-order chi connectivity index (χ0) is 11.7. The van der Waals surface area contributed by atoms with Gasteiger partial charge in [0.05, 0.1) is 0 Å². The minimum absolute atomic E-state index is 0.173. The van der Waals surface area contributed by atoms with E-state index in [1.807, 2.05) is 0 Å². The fourth-order valence-electron chi connectivity index (χ4n) is 2.50. The number of benzene rings is 1. The van der Waals surface area contributed by atoms with E-state index >= 15 is 0 Å². The summed E-state index contributed by atoms with van der Waals surface area (Å²) in [6, 6.07) is 9.86. The molecule has 0 radical (unpaired) electrons. The molecule has 2 N–H and O–H groups in total. The summed E-state index contributed by atoms with van der Waals surface area (Å²) < 4.78 is 0. The second-order valence-corrected chi connectivity index (χ2v) is 5.06. The van der Waals surface area contributed by atoms with Crippen molar-refractivity contribution in [2.24, 2.45) is 5.73 Å². The highest BCUT2D eigenvalue weighted by Crippen LogP contribution is 2.35. The van der Waals surface area contributed by atoms with Crippen molar-refractivity contribution >= 4 is 0 Å². The van der Waals surface area contributed by atoms with Crippen molar-refractivity contribution in [3.63, 3.8) is 0 Å². The molecule has 2 rings (SSSR count). The largest absolute Gasteiger partial charge is 0.326 e. The summed E-state index contributed by atoms with van der Waals surface area (Å²) in [5.41, 5.74) is 8.89. The van der Waals surface area contributed by atoms with Crippen molar-refractivity contribution in [2.75, 3.05) is 7.05 Å². The maximum Gasteiger partial charge on any atom is 0.0498 e. The fourth-order valence-corrected chi connectivity index (χ4v) is 2.50. The van der Waals surface area contributed by atoms with E-state index < -0.39 is 0 Å². The van der Waals surface area contributed by atoms with Crippen LogP contribution in [0.25, 0.3) is 0 Å². The monoisotopic (exact) mass is 218 g/mol. The summed E-state index contributed by atoms with van der Waals surface area (Å²) in [5.74, 6) is 0. The molecule has 1 aromatic rings. The van der Waals surface area contributed by atoms with Crippen molar-refractivity contribution in [2.45, 2.75) is 44.8 Å². The van der Waals surface area contributed by atoms with Crippen LogP contribution in [0.3, 0.4) is 0 Å². The second-order valence-electron chi connectivity index (χ2n) is 5.06. The number of hydrogen-bond acceptors (Lipinski definition) is 2. The Kier molecular flexibility index (Phi) is 3.31. The molecular formula is C14H22N2. The van der Waals surface area contributed by atoms with Crippen molar-refractivity contribution in [1.29, 1.82) is 0 Å². The summed E-state index contributed by atoms with van der Waals surface area (Å²) in [4.78, 5) is 2.45. The average molecular weight is 218 g/mol. The van der Waals surface area contributed by atoms with Gasteiger partial charge in [-0.05, 0) is 44.9 Å². The molecule has 2 atom stereocenters. The van der Waals surface area contributed by atoms with Crippen LogP contribution < -0.4 is 5.73 Å². The van der Waals surface area contributed by atoms with Gasteiger partial charge in [-0.3, -0.25) is 4.90 Å². The molecule has 1 aliphatic rings. The average Bonchev–Trinajstić information content (AvgIpc) is 3.04. The predicted octanol–water partition coefficient (Wildman–Crippen LogP) is 2.48. The van der Waals surface area contributed by atoms with E-state index in [0.29, 0.717) is 6.04 Å². The SMILES string of the molecule is Cc1ccccc1C(C(C)N)N(C)C1CC1. The third kappa shape index (κ3) is 2.28. The highest BCUT2D eigenvalue weighted by molar-refractivity contribution is 5.30. The van der Waals surface area contributed by atoms with E-state index in [4.69, 9.17) is 5.73 Å². The Labute approximate surface area is 98.4 Å². The first-order valence-electron chi connectivity index (χ1n) is 6.14. The molecule has 0 heterocycles. The first-order chi connectivity index (χ1) is 7.61. The third-order valence-corrected chi connectivity index (χ3v) is 3.57. The summed E-state index contributed by atoms with van der Waals surface area (Å²) in [5, 5.41) is 0. The van der Waals surface area contributed by atoms with Gasteiger partial charge < -0.3 is 5.73 Å². The maximum atomic E-state index is 6.16. The maximum absolute atomic E-state index is 6.16. The molecule has 0 aliphatic heterocycles. The van der Waals surface area contributed by atoms with E-state index in [-0.39, 0.29) is 6.04 Å². The number of nitrogens with two attached hydrogens (primary N) is 1. The quantitative estimate of drug-likeness (QED) is 0.841. The van der Waals surface area contributed by atoms with E-state index in [1.165, 1.54) is 24.0 Å². The first kappa shape index (κ1) is 11.6. The molecule has 0 saturated heterocycles. The summed E-state index contributed by atoms with van der Waals surface area (Å²) in [6.45, 7) is 4.28. The summed E-state index contributed by atoms with van der Waals surface area (Å²) in [6.07, 6.45) is 2.65. The normalized spacial score (nSPS) is 19.8. The molecule has 0 bridgehead atoms. The Morgan fingerprint density at radius 3 is 2.44 bits per heavy atom. The lowest BCUT2D eigenvalue weighted by Crippen LogP contribution is -2.38. The minimum Gasteiger partial charge on any atom is -0.326 e. The van der Waals surface area contributed by atoms with Crippen LogP contribution in [0.5, 0.6) is 0 Å². The Morgan fingerprint density at radius 1 is 1.31 bits per heavy atom. The van der Waals surface area contributed by atoms with Gasteiger partial charge in [0.2, 0.25) is 0 Å². The van der Waals surface area contributed by atoms with Crippen LogP contribution in [0.2, 0.25) is 0 Å². The van der Waals surface area contributed by atoms with Crippen LogP contribution >= 0.6 is 0 Å². The van der Waals surface area contributed by atoms with E-state index in [9.17, 15) is 0 Å². The van der Waals surface area contributed by atoms with Crippen LogP contribution in [0.15, 0.2) is 24.3 Å². The molecule has 88 valence electrons. The number of aryl methyl sites for hydroxylation is 1. The standard InChI is InChI=1S/C14H22N2/c1-10-6-4-5-7-13(10)14(11(2)15)16(3)12-8-9-12/h4-7,11-12,14H,8-9,15H2,1-3H3. The lowest BCUT2D eigenvalue weighted by molar-refractivity contribution is 0.209. The minimum atomic E-state index is 0.173. The zero-order valence-electron chi connectivity index (χ0n) is 10.5. The molecule has 2 heteroatoms. The number of rotatable bonds is 4. The van der Waals surface area contributed by atoms with Gasteiger partial charge in [-0.1, -0.05) is 24.3 Å². The van der Waals surface area contributed by atoms with E-state index in [2.05, 4.69) is 50.1 Å². The van der Waals surface area contributed by atoms with Crippen molar-refractivity contribution in [3.8, 4) is 0 Å². The van der Waals surface area contributed by atoms with E-state index in [0.717, 1.165) is 6.04 Å².